The van der Waals surface area contributed by atoms with Gasteiger partial charge in [-0.25, -0.2) is 9.97 Å². The van der Waals surface area contributed by atoms with Crippen LogP contribution in [0.1, 0.15) is 36.1 Å². The molecular formula is C31H35N5O2. The molecule has 0 spiro atoms. The second kappa shape index (κ2) is 10.6. The highest BCUT2D eigenvalue weighted by atomic mass is 16.5. The summed E-state index contributed by atoms with van der Waals surface area (Å²) in [6, 6.07) is 20.8. The van der Waals surface area contributed by atoms with Crippen LogP contribution in [0.5, 0.6) is 11.5 Å². The number of hydrogen-bond donors (Lipinski definition) is 2. The van der Waals surface area contributed by atoms with Gasteiger partial charge in [-0.15, -0.1) is 0 Å². The number of hydrogen-bond acceptors (Lipinski definition) is 6. The first-order valence-electron chi connectivity index (χ1n) is 13.0. The average Bonchev–Trinajstić information content (AvgIpc) is 3.29. The number of imidazole rings is 1. The molecule has 0 atom stereocenters. The Bertz CT molecular complexity index is 1570. The van der Waals surface area contributed by atoms with Gasteiger partial charge in [0.25, 0.3) is 0 Å². The van der Waals surface area contributed by atoms with Gasteiger partial charge in [-0.05, 0) is 71.3 Å². The predicted octanol–water partition coefficient (Wildman–Crippen LogP) is 6.06. The normalized spacial score (nSPS) is 11.4. The first-order valence-corrected chi connectivity index (χ1v) is 13.0. The second-order valence-corrected chi connectivity index (χ2v) is 10.0. The molecule has 3 N–H and O–H groups in total. The molecule has 0 aliphatic carbocycles. The van der Waals surface area contributed by atoms with Crippen LogP contribution < -0.4 is 20.5 Å². The Morgan fingerprint density at radius 1 is 0.842 bits per heavy atom. The van der Waals surface area contributed by atoms with E-state index < -0.39 is 0 Å². The molecule has 196 valence electrons. The molecule has 7 nitrogen and oxygen atoms in total. The summed E-state index contributed by atoms with van der Waals surface area (Å²) >= 11 is 0. The van der Waals surface area contributed by atoms with E-state index in [4.69, 9.17) is 25.2 Å². The average molecular weight is 510 g/mol. The Hall–Kier alpha value is -4.26. The molecule has 0 unspecified atom stereocenters. The zero-order valence-corrected chi connectivity index (χ0v) is 22.7. The van der Waals surface area contributed by atoms with Crippen molar-refractivity contribution in [3.8, 4) is 11.5 Å². The molecule has 38 heavy (non-hydrogen) atoms. The van der Waals surface area contributed by atoms with Crippen LogP contribution in [0, 0.1) is 5.92 Å². The first-order chi connectivity index (χ1) is 18.4. The predicted molar refractivity (Wildman–Crippen MR) is 155 cm³/mol. The van der Waals surface area contributed by atoms with Crippen molar-refractivity contribution >= 4 is 33.7 Å². The van der Waals surface area contributed by atoms with Crippen molar-refractivity contribution in [3.63, 3.8) is 0 Å². The summed E-state index contributed by atoms with van der Waals surface area (Å²) in [6.07, 6.45) is 1.53. The van der Waals surface area contributed by atoms with Gasteiger partial charge >= 0.3 is 0 Å². The third kappa shape index (κ3) is 4.84. The number of aromatic nitrogens is 3. The van der Waals surface area contributed by atoms with Crippen LogP contribution in [0.4, 0.5) is 11.8 Å². The smallest absolute Gasteiger partial charge is 0.203 e. The Morgan fingerprint density at radius 3 is 2.00 bits per heavy atom. The lowest BCUT2D eigenvalue weighted by Crippen LogP contribution is -2.09. The zero-order valence-electron chi connectivity index (χ0n) is 22.7. The second-order valence-electron chi connectivity index (χ2n) is 10.0. The first kappa shape index (κ1) is 25.4. The van der Waals surface area contributed by atoms with E-state index in [2.05, 4.69) is 60.1 Å². The number of methoxy groups -OCH3 is 2. The summed E-state index contributed by atoms with van der Waals surface area (Å²) in [5.74, 6) is 3.37. The van der Waals surface area contributed by atoms with Gasteiger partial charge in [0.05, 0.1) is 25.3 Å². The summed E-state index contributed by atoms with van der Waals surface area (Å²) < 4.78 is 13.0. The maximum atomic E-state index is 6.47. The van der Waals surface area contributed by atoms with Crippen molar-refractivity contribution in [1.82, 2.24) is 14.5 Å². The minimum absolute atomic E-state index is 0.427. The van der Waals surface area contributed by atoms with Gasteiger partial charge in [0.2, 0.25) is 5.95 Å². The standard InChI is InChI=1S/C31H35N5O2/c1-19(2)18-36-29-27-25(17-21-8-13-24(38-5)14-9-21)22(16-20-6-11-23(37-4)12-7-20)10-15-26(27)34-30(32)28(29)35-31(36)33-3/h6-15,19H,16-18H2,1-5H3,(H2,32,34)(H,33,35). The molecule has 0 amide bonds. The SMILES string of the molecule is CNc1nc2c(N)nc3ccc(Cc4ccc(OC)cc4)c(Cc4ccc(OC)cc4)c3c2n1CC(C)C. The number of ether oxygens (including phenoxy) is 2. The molecule has 2 aromatic heterocycles. The van der Waals surface area contributed by atoms with Gasteiger partial charge < -0.3 is 25.1 Å². The molecule has 5 rings (SSSR count). The molecule has 0 saturated heterocycles. The summed E-state index contributed by atoms with van der Waals surface area (Å²) in [7, 11) is 5.28. The highest BCUT2D eigenvalue weighted by molar-refractivity contribution is 6.09. The van der Waals surface area contributed by atoms with E-state index in [1.54, 1.807) is 14.2 Å². The molecule has 0 saturated carbocycles. The van der Waals surface area contributed by atoms with Crippen molar-refractivity contribution in [3.05, 3.63) is 82.9 Å². The molecule has 2 heterocycles. The molecule has 7 heteroatoms. The van der Waals surface area contributed by atoms with E-state index in [0.717, 1.165) is 58.8 Å². The lowest BCUT2D eigenvalue weighted by atomic mass is 9.91. The summed E-state index contributed by atoms with van der Waals surface area (Å²) in [5, 5.41) is 4.37. The molecule has 0 aliphatic heterocycles. The number of nitrogens with one attached hydrogen (secondary N) is 1. The zero-order chi connectivity index (χ0) is 26.8. The Kier molecular flexibility index (Phi) is 7.09. The van der Waals surface area contributed by atoms with Crippen molar-refractivity contribution in [2.45, 2.75) is 33.2 Å². The fourth-order valence-corrected chi connectivity index (χ4v) is 5.12. The third-order valence-electron chi connectivity index (χ3n) is 6.94. The quantitative estimate of drug-likeness (QED) is 0.251. The van der Waals surface area contributed by atoms with Crippen molar-refractivity contribution in [1.29, 1.82) is 0 Å². The number of pyridine rings is 1. The van der Waals surface area contributed by atoms with E-state index in [1.165, 1.54) is 22.3 Å². The minimum Gasteiger partial charge on any atom is -0.497 e. The monoisotopic (exact) mass is 509 g/mol. The van der Waals surface area contributed by atoms with E-state index in [1.807, 2.05) is 31.3 Å². The number of fused-ring (bicyclic) bond motifs is 3. The summed E-state index contributed by atoms with van der Waals surface area (Å²) in [4.78, 5) is 9.68. The molecule has 0 bridgehead atoms. The van der Waals surface area contributed by atoms with Gasteiger partial charge in [0.15, 0.2) is 5.82 Å². The van der Waals surface area contributed by atoms with Gasteiger partial charge in [-0.3, -0.25) is 0 Å². The van der Waals surface area contributed by atoms with Crippen molar-refractivity contribution < 1.29 is 9.47 Å². The number of nitrogen functional groups attached to an aromatic ring is 1. The number of rotatable bonds is 9. The van der Waals surface area contributed by atoms with Crippen LogP contribution in [-0.2, 0) is 19.4 Å². The highest BCUT2D eigenvalue weighted by Gasteiger charge is 2.21. The van der Waals surface area contributed by atoms with E-state index in [9.17, 15) is 0 Å². The van der Waals surface area contributed by atoms with Crippen LogP contribution >= 0.6 is 0 Å². The van der Waals surface area contributed by atoms with Crippen LogP contribution in [0.2, 0.25) is 0 Å². The number of anilines is 2. The van der Waals surface area contributed by atoms with E-state index in [0.29, 0.717) is 11.7 Å². The fraction of sp³-hybridized carbons (Fsp3) is 0.290. The minimum atomic E-state index is 0.427. The molecule has 5 aromatic rings. The fourth-order valence-electron chi connectivity index (χ4n) is 5.12. The maximum Gasteiger partial charge on any atom is 0.203 e. The Balaban J connectivity index is 1.77. The Morgan fingerprint density at radius 2 is 1.45 bits per heavy atom. The summed E-state index contributed by atoms with van der Waals surface area (Å²) in [5.41, 5.74) is 14.0. The summed E-state index contributed by atoms with van der Waals surface area (Å²) in [6.45, 7) is 5.24. The van der Waals surface area contributed by atoms with E-state index >= 15 is 0 Å². The Labute approximate surface area is 223 Å². The topological polar surface area (TPSA) is 87.2 Å². The third-order valence-corrected chi connectivity index (χ3v) is 6.94. The van der Waals surface area contributed by atoms with Gasteiger partial charge in [-0.2, -0.15) is 0 Å². The number of nitrogens with zero attached hydrogens (tertiary/aromatic N) is 3. The number of benzene rings is 3. The molecule has 3 aromatic carbocycles. The van der Waals surface area contributed by atoms with Gasteiger partial charge in [0.1, 0.15) is 17.0 Å². The van der Waals surface area contributed by atoms with Crippen LogP contribution in [0.3, 0.4) is 0 Å². The van der Waals surface area contributed by atoms with Gasteiger partial charge in [-0.1, -0.05) is 44.2 Å². The van der Waals surface area contributed by atoms with Gasteiger partial charge in [0, 0.05) is 19.0 Å². The van der Waals surface area contributed by atoms with E-state index in [-0.39, 0.29) is 0 Å². The van der Waals surface area contributed by atoms with Crippen molar-refractivity contribution in [2.75, 3.05) is 32.3 Å². The van der Waals surface area contributed by atoms with Crippen LogP contribution in [0.15, 0.2) is 60.7 Å². The molecule has 0 radical (unpaired) electrons. The van der Waals surface area contributed by atoms with Crippen molar-refractivity contribution in [2.24, 2.45) is 5.92 Å². The lowest BCUT2D eigenvalue weighted by Gasteiger charge is -2.18. The number of nitrogens with two attached hydrogens (primary N) is 1. The van der Waals surface area contributed by atoms with Crippen LogP contribution in [-0.4, -0.2) is 35.8 Å². The largest absolute Gasteiger partial charge is 0.497 e. The lowest BCUT2D eigenvalue weighted by molar-refractivity contribution is 0.414. The molecular weight excluding hydrogens is 474 g/mol. The molecule has 0 aliphatic rings. The maximum absolute atomic E-state index is 6.47. The van der Waals surface area contributed by atoms with Crippen LogP contribution in [0.25, 0.3) is 21.9 Å². The highest BCUT2D eigenvalue weighted by Crippen LogP contribution is 2.36. The molecule has 0 fully saturated rings.